The van der Waals surface area contributed by atoms with Gasteiger partial charge in [-0.05, 0) is 25.5 Å². The monoisotopic (exact) mass is 276 g/mol. The summed E-state index contributed by atoms with van der Waals surface area (Å²) in [5.41, 5.74) is 0. The fourth-order valence-electron chi connectivity index (χ4n) is 1.58. The Labute approximate surface area is 107 Å². The van der Waals surface area contributed by atoms with Crippen LogP contribution >= 0.6 is 11.3 Å². The first-order chi connectivity index (χ1) is 7.90. The molecule has 0 aliphatic heterocycles. The third kappa shape index (κ3) is 6.16. The Morgan fingerprint density at radius 3 is 2.65 bits per heavy atom. The van der Waals surface area contributed by atoms with Crippen LogP contribution in [0.2, 0.25) is 0 Å². The van der Waals surface area contributed by atoms with Crippen LogP contribution in [0.1, 0.15) is 30.0 Å². The third-order valence-electron chi connectivity index (χ3n) is 2.32. The molecule has 17 heavy (non-hydrogen) atoms. The van der Waals surface area contributed by atoms with E-state index in [1.54, 1.807) is 11.3 Å². The van der Waals surface area contributed by atoms with Gasteiger partial charge in [0.15, 0.2) is 0 Å². The molecule has 0 aromatic carbocycles. The number of rotatable bonds is 7. The lowest BCUT2D eigenvalue weighted by molar-refractivity contribution is 0.559. The van der Waals surface area contributed by atoms with Gasteiger partial charge in [0.1, 0.15) is 0 Å². The van der Waals surface area contributed by atoms with E-state index in [9.17, 15) is 8.42 Å². The quantitative estimate of drug-likeness (QED) is 0.792. The van der Waals surface area contributed by atoms with E-state index in [4.69, 9.17) is 5.14 Å². The fourth-order valence-corrected chi connectivity index (χ4v) is 3.47. The van der Waals surface area contributed by atoms with Crippen LogP contribution < -0.4 is 10.5 Å². The van der Waals surface area contributed by atoms with E-state index in [2.05, 4.69) is 24.4 Å². The minimum Gasteiger partial charge on any atom is -0.308 e. The van der Waals surface area contributed by atoms with Crippen molar-refractivity contribution in [3.8, 4) is 0 Å². The van der Waals surface area contributed by atoms with Crippen molar-refractivity contribution >= 4 is 21.4 Å². The van der Waals surface area contributed by atoms with Crippen molar-refractivity contribution in [3.05, 3.63) is 21.9 Å². The molecule has 1 rings (SSSR count). The summed E-state index contributed by atoms with van der Waals surface area (Å²) < 4.78 is 21.8. The van der Waals surface area contributed by atoms with Crippen LogP contribution in [0.25, 0.3) is 0 Å². The summed E-state index contributed by atoms with van der Waals surface area (Å²) >= 11 is 1.77. The van der Waals surface area contributed by atoms with Gasteiger partial charge in [0.05, 0.1) is 5.75 Å². The average Bonchev–Trinajstić information content (AvgIpc) is 2.61. The summed E-state index contributed by atoms with van der Waals surface area (Å²) in [5, 5.41) is 8.15. The molecule has 0 radical (unpaired) electrons. The fraction of sp³-hybridized carbons (Fsp3) is 0.636. The molecule has 0 aliphatic rings. The van der Waals surface area contributed by atoms with Crippen LogP contribution in [0, 0.1) is 0 Å². The summed E-state index contributed by atoms with van der Waals surface area (Å²) in [7, 11) is -3.39. The van der Waals surface area contributed by atoms with Gasteiger partial charge in [0.25, 0.3) is 0 Å². The minimum atomic E-state index is -3.39. The van der Waals surface area contributed by atoms with Crippen LogP contribution in [-0.2, 0) is 23.0 Å². The van der Waals surface area contributed by atoms with E-state index < -0.39 is 10.0 Å². The molecule has 98 valence electrons. The Morgan fingerprint density at radius 1 is 1.41 bits per heavy atom. The molecular weight excluding hydrogens is 256 g/mol. The number of thiophene rings is 1. The number of nitrogens with one attached hydrogen (secondary N) is 1. The lowest BCUT2D eigenvalue weighted by Crippen LogP contribution is -2.35. The zero-order valence-corrected chi connectivity index (χ0v) is 11.9. The first-order valence-corrected chi connectivity index (χ1v) is 8.25. The minimum absolute atomic E-state index is 0.0276. The summed E-state index contributed by atoms with van der Waals surface area (Å²) in [4.78, 5) is 2.61. The van der Waals surface area contributed by atoms with E-state index in [1.165, 1.54) is 9.75 Å². The smallest absolute Gasteiger partial charge is 0.210 e. The maximum atomic E-state index is 10.9. The molecule has 0 saturated carbocycles. The van der Waals surface area contributed by atoms with Gasteiger partial charge in [-0.2, -0.15) is 0 Å². The van der Waals surface area contributed by atoms with E-state index >= 15 is 0 Å². The topological polar surface area (TPSA) is 72.2 Å². The van der Waals surface area contributed by atoms with Crippen molar-refractivity contribution in [2.75, 3.05) is 5.75 Å². The van der Waals surface area contributed by atoms with Gasteiger partial charge in [-0.15, -0.1) is 11.3 Å². The molecule has 1 atom stereocenters. The van der Waals surface area contributed by atoms with E-state index in [1.807, 2.05) is 6.92 Å². The molecule has 0 amide bonds. The number of hydrogen-bond donors (Lipinski definition) is 2. The molecule has 0 saturated heterocycles. The van der Waals surface area contributed by atoms with Crippen LogP contribution in [0.5, 0.6) is 0 Å². The number of sulfonamides is 1. The number of nitrogens with two attached hydrogens (primary N) is 1. The first kappa shape index (κ1) is 14.6. The standard InChI is InChI=1S/C11H20N2O2S2/c1-3-4-10-5-6-11(16-10)7-13-9(2)8-17(12,14)15/h5-6,9,13H,3-4,7-8H2,1-2H3,(H2,12,14,15)/t9-/m1/s1. The highest BCUT2D eigenvalue weighted by Crippen LogP contribution is 2.17. The Balaban J connectivity index is 2.39. The predicted molar refractivity (Wildman–Crippen MR) is 72.6 cm³/mol. The second kappa shape index (κ2) is 6.49. The maximum absolute atomic E-state index is 10.9. The Bertz CT molecular complexity index is 440. The van der Waals surface area contributed by atoms with E-state index in [0.717, 1.165) is 12.8 Å². The molecule has 0 unspecified atom stereocenters. The first-order valence-electron chi connectivity index (χ1n) is 5.72. The summed E-state index contributed by atoms with van der Waals surface area (Å²) in [6, 6.07) is 4.10. The molecule has 0 fully saturated rings. The molecule has 1 aromatic rings. The lowest BCUT2D eigenvalue weighted by atomic mass is 10.3. The summed E-state index contributed by atoms with van der Waals surface area (Å²) in [5.74, 6) is -0.0276. The highest BCUT2D eigenvalue weighted by atomic mass is 32.2. The van der Waals surface area contributed by atoms with Crippen molar-refractivity contribution in [2.45, 2.75) is 39.3 Å². The van der Waals surface area contributed by atoms with E-state index in [-0.39, 0.29) is 11.8 Å². The number of hydrogen-bond acceptors (Lipinski definition) is 4. The largest absolute Gasteiger partial charge is 0.308 e. The maximum Gasteiger partial charge on any atom is 0.210 e. The lowest BCUT2D eigenvalue weighted by Gasteiger charge is -2.11. The highest BCUT2D eigenvalue weighted by molar-refractivity contribution is 7.89. The van der Waals surface area contributed by atoms with Gasteiger partial charge in [-0.3, -0.25) is 0 Å². The molecule has 1 aromatic heterocycles. The Kier molecular flexibility index (Phi) is 5.58. The van der Waals surface area contributed by atoms with Gasteiger partial charge in [0.2, 0.25) is 10.0 Å². The number of primary sulfonamides is 1. The molecule has 0 bridgehead atoms. The van der Waals surface area contributed by atoms with Gasteiger partial charge >= 0.3 is 0 Å². The second-order valence-electron chi connectivity index (χ2n) is 4.23. The van der Waals surface area contributed by atoms with Gasteiger partial charge < -0.3 is 5.32 Å². The van der Waals surface area contributed by atoms with Gasteiger partial charge in [-0.25, -0.2) is 13.6 Å². The second-order valence-corrected chi connectivity index (χ2v) is 7.14. The van der Waals surface area contributed by atoms with Crippen LogP contribution in [-0.4, -0.2) is 20.2 Å². The molecular formula is C11H20N2O2S2. The van der Waals surface area contributed by atoms with Crippen LogP contribution in [0.3, 0.4) is 0 Å². The Morgan fingerprint density at radius 2 is 2.06 bits per heavy atom. The van der Waals surface area contributed by atoms with Crippen molar-refractivity contribution in [1.29, 1.82) is 0 Å². The van der Waals surface area contributed by atoms with Gasteiger partial charge in [0, 0.05) is 22.3 Å². The zero-order chi connectivity index (χ0) is 12.9. The summed E-state index contributed by atoms with van der Waals surface area (Å²) in [6.07, 6.45) is 2.26. The van der Waals surface area contributed by atoms with Crippen molar-refractivity contribution < 1.29 is 8.42 Å². The van der Waals surface area contributed by atoms with Crippen LogP contribution in [0.4, 0.5) is 0 Å². The number of aryl methyl sites for hydroxylation is 1. The molecule has 0 aliphatic carbocycles. The van der Waals surface area contributed by atoms with Crippen molar-refractivity contribution in [1.82, 2.24) is 5.32 Å². The molecule has 4 nitrogen and oxygen atoms in total. The third-order valence-corrected chi connectivity index (χ3v) is 4.43. The average molecular weight is 276 g/mol. The predicted octanol–water partition coefficient (Wildman–Crippen LogP) is 1.47. The van der Waals surface area contributed by atoms with Crippen molar-refractivity contribution in [3.63, 3.8) is 0 Å². The van der Waals surface area contributed by atoms with E-state index in [0.29, 0.717) is 6.54 Å². The van der Waals surface area contributed by atoms with Gasteiger partial charge in [-0.1, -0.05) is 13.3 Å². The molecule has 1 heterocycles. The SMILES string of the molecule is CCCc1ccc(CN[C@H](C)CS(N)(=O)=O)s1. The normalized spacial score (nSPS) is 13.8. The molecule has 3 N–H and O–H groups in total. The Hall–Kier alpha value is -0.430. The zero-order valence-electron chi connectivity index (χ0n) is 10.3. The molecule has 0 spiro atoms. The highest BCUT2D eigenvalue weighted by Gasteiger charge is 2.10. The summed E-state index contributed by atoms with van der Waals surface area (Å²) in [6.45, 7) is 4.68. The van der Waals surface area contributed by atoms with Crippen molar-refractivity contribution in [2.24, 2.45) is 5.14 Å². The van der Waals surface area contributed by atoms with Crippen LogP contribution in [0.15, 0.2) is 12.1 Å². The molecule has 6 heteroatoms.